The van der Waals surface area contributed by atoms with Crippen molar-refractivity contribution in [1.29, 1.82) is 0 Å². The molecule has 1 fully saturated rings. The summed E-state index contributed by atoms with van der Waals surface area (Å²) < 4.78 is 16.1. The predicted molar refractivity (Wildman–Crippen MR) is 67.4 cm³/mol. The fourth-order valence-corrected chi connectivity index (χ4v) is 2.40. The summed E-state index contributed by atoms with van der Waals surface area (Å²) in [6.45, 7) is 5.05. The molecule has 2 rings (SSSR count). The van der Waals surface area contributed by atoms with Gasteiger partial charge in [0.25, 0.3) is 0 Å². The highest BCUT2D eigenvalue weighted by Crippen LogP contribution is 2.45. The molecule has 3 nitrogen and oxygen atoms in total. The van der Waals surface area contributed by atoms with Crippen molar-refractivity contribution in [2.24, 2.45) is 0 Å². The molecular formula is C13H17ClO3. The molecule has 1 aliphatic rings. The van der Waals surface area contributed by atoms with Gasteiger partial charge >= 0.3 is 0 Å². The van der Waals surface area contributed by atoms with Crippen LogP contribution < -0.4 is 9.47 Å². The highest BCUT2D eigenvalue weighted by atomic mass is 35.5. The summed E-state index contributed by atoms with van der Waals surface area (Å²) in [5, 5.41) is 0. The van der Waals surface area contributed by atoms with Gasteiger partial charge in [-0.05, 0) is 31.0 Å². The number of methoxy groups -OCH3 is 2. The van der Waals surface area contributed by atoms with Gasteiger partial charge in [0.2, 0.25) is 0 Å². The summed E-state index contributed by atoms with van der Waals surface area (Å²) in [6, 6.07) is 1.96. The number of alkyl halides is 1. The zero-order chi connectivity index (χ0) is 12.6. The summed E-state index contributed by atoms with van der Waals surface area (Å²) in [5.74, 6) is 1.67. The van der Waals surface area contributed by atoms with Crippen LogP contribution in [0.2, 0.25) is 0 Å². The van der Waals surface area contributed by atoms with Crippen LogP contribution >= 0.6 is 11.6 Å². The Morgan fingerprint density at radius 1 is 1.18 bits per heavy atom. The topological polar surface area (TPSA) is 27.7 Å². The first-order valence-electron chi connectivity index (χ1n) is 5.53. The Morgan fingerprint density at radius 3 is 2.24 bits per heavy atom. The average molecular weight is 257 g/mol. The van der Waals surface area contributed by atoms with E-state index in [2.05, 4.69) is 0 Å². The molecule has 1 aromatic carbocycles. The number of rotatable bonds is 3. The molecule has 0 radical (unpaired) electrons. The van der Waals surface area contributed by atoms with E-state index in [9.17, 15) is 0 Å². The van der Waals surface area contributed by atoms with Crippen LogP contribution in [-0.4, -0.2) is 27.4 Å². The van der Waals surface area contributed by atoms with E-state index < -0.39 is 4.87 Å². The SMILES string of the molecule is COc1cc(C2(Cl)COC2)c(OC)c(C)c1C. The Kier molecular flexibility index (Phi) is 3.23. The van der Waals surface area contributed by atoms with Crippen LogP contribution in [-0.2, 0) is 9.61 Å². The normalized spacial score (nSPS) is 17.5. The third-order valence-electron chi connectivity index (χ3n) is 3.36. The lowest BCUT2D eigenvalue weighted by atomic mass is 9.91. The van der Waals surface area contributed by atoms with Crippen molar-refractivity contribution in [3.8, 4) is 11.5 Å². The van der Waals surface area contributed by atoms with Gasteiger partial charge in [-0.1, -0.05) is 0 Å². The molecule has 0 bridgehead atoms. The summed E-state index contributed by atoms with van der Waals surface area (Å²) in [4.78, 5) is -0.475. The quantitative estimate of drug-likeness (QED) is 0.779. The predicted octanol–water partition coefficient (Wildman–Crippen LogP) is 2.78. The summed E-state index contributed by atoms with van der Waals surface area (Å²) in [6.07, 6.45) is 0. The molecule has 0 spiro atoms. The van der Waals surface area contributed by atoms with Crippen LogP contribution in [0.1, 0.15) is 16.7 Å². The van der Waals surface area contributed by atoms with E-state index in [0.717, 1.165) is 28.2 Å². The Balaban J connectivity index is 2.60. The standard InChI is InChI=1S/C13H17ClO3/c1-8-9(2)12(16-4)10(5-11(8)15-3)13(14)6-17-7-13/h5H,6-7H2,1-4H3. The van der Waals surface area contributed by atoms with Gasteiger partial charge in [-0.25, -0.2) is 0 Å². The van der Waals surface area contributed by atoms with E-state index in [1.54, 1.807) is 14.2 Å². The fraction of sp³-hybridized carbons (Fsp3) is 0.538. The Bertz CT molecular complexity index is 439. The second kappa shape index (κ2) is 4.39. The van der Waals surface area contributed by atoms with E-state index in [0.29, 0.717) is 13.2 Å². The molecule has 0 aromatic heterocycles. The maximum absolute atomic E-state index is 6.51. The van der Waals surface area contributed by atoms with Crippen LogP contribution in [0.15, 0.2) is 6.07 Å². The summed E-state index contributed by atoms with van der Waals surface area (Å²) in [7, 11) is 3.33. The molecule has 94 valence electrons. The van der Waals surface area contributed by atoms with Crippen LogP contribution in [0.25, 0.3) is 0 Å². The molecule has 0 unspecified atom stereocenters. The van der Waals surface area contributed by atoms with Gasteiger partial charge in [-0.3, -0.25) is 0 Å². The van der Waals surface area contributed by atoms with Gasteiger partial charge in [0.15, 0.2) is 0 Å². The minimum atomic E-state index is -0.475. The minimum Gasteiger partial charge on any atom is -0.496 e. The van der Waals surface area contributed by atoms with E-state index in [1.165, 1.54) is 0 Å². The molecule has 0 atom stereocenters. The second-order valence-electron chi connectivity index (χ2n) is 4.37. The van der Waals surface area contributed by atoms with E-state index >= 15 is 0 Å². The van der Waals surface area contributed by atoms with Crippen molar-refractivity contribution >= 4 is 11.6 Å². The van der Waals surface area contributed by atoms with Crippen LogP contribution in [0.4, 0.5) is 0 Å². The molecule has 0 aliphatic carbocycles. The highest BCUT2D eigenvalue weighted by molar-refractivity contribution is 6.25. The molecule has 1 saturated heterocycles. The van der Waals surface area contributed by atoms with Gasteiger partial charge in [-0.15, -0.1) is 11.6 Å². The molecule has 1 heterocycles. The monoisotopic (exact) mass is 256 g/mol. The smallest absolute Gasteiger partial charge is 0.127 e. The van der Waals surface area contributed by atoms with Crippen molar-refractivity contribution in [1.82, 2.24) is 0 Å². The lowest BCUT2D eigenvalue weighted by Crippen LogP contribution is -2.41. The van der Waals surface area contributed by atoms with Gasteiger partial charge in [0, 0.05) is 5.56 Å². The molecule has 0 amide bonds. The Labute approximate surface area is 107 Å². The first-order chi connectivity index (χ1) is 8.03. The van der Waals surface area contributed by atoms with Crippen LogP contribution in [0.5, 0.6) is 11.5 Å². The number of halogens is 1. The molecule has 0 saturated carbocycles. The van der Waals surface area contributed by atoms with Crippen molar-refractivity contribution in [2.75, 3.05) is 27.4 Å². The zero-order valence-electron chi connectivity index (χ0n) is 10.6. The van der Waals surface area contributed by atoms with Crippen molar-refractivity contribution in [3.05, 3.63) is 22.8 Å². The molecular weight excluding hydrogens is 240 g/mol. The van der Waals surface area contributed by atoms with Gasteiger partial charge in [0.05, 0.1) is 27.4 Å². The maximum Gasteiger partial charge on any atom is 0.127 e. The van der Waals surface area contributed by atoms with Gasteiger partial charge in [0.1, 0.15) is 16.4 Å². The maximum atomic E-state index is 6.51. The van der Waals surface area contributed by atoms with E-state index in [4.69, 9.17) is 25.8 Å². The highest BCUT2D eigenvalue weighted by Gasteiger charge is 2.41. The first kappa shape index (κ1) is 12.5. The zero-order valence-corrected chi connectivity index (χ0v) is 11.4. The van der Waals surface area contributed by atoms with Crippen LogP contribution in [0, 0.1) is 13.8 Å². The van der Waals surface area contributed by atoms with Crippen molar-refractivity contribution in [3.63, 3.8) is 0 Å². The molecule has 0 N–H and O–H groups in total. The molecule has 4 heteroatoms. The first-order valence-corrected chi connectivity index (χ1v) is 5.90. The largest absolute Gasteiger partial charge is 0.496 e. The van der Waals surface area contributed by atoms with E-state index in [-0.39, 0.29) is 0 Å². The third-order valence-corrected chi connectivity index (χ3v) is 3.78. The van der Waals surface area contributed by atoms with Crippen LogP contribution in [0.3, 0.4) is 0 Å². The number of hydrogen-bond donors (Lipinski definition) is 0. The Hall–Kier alpha value is -0.930. The van der Waals surface area contributed by atoms with Gasteiger partial charge in [-0.2, -0.15) is 0 Å². The number of ether oxygens (including phenoxy) is 3. The summed E-state index contributed by atoms with van der Waals surface area (Å²) in [5.41, 5.74) is 3.09. The average Bonchev–Trinajstić information content (AvgIpc) is 2.29. The van der Waals surface area contributed by atoms with Gasteiger partial charge < -0.3 is 14.2 Å². The lowest BCUT2D eigenvalue weighted by Gasteiger charge is -2.37. The minimum absolute atomic E-state index is 0.475. The second-order valence-corrected chi connectivity index (χ2v) is 5.09. The van der Waals surface area contributed by atoms with E-state index in [1.807, 2.05) is 19.9 Å². The third kappa shape index (κ3) is 1.87. The Morgan fingerprint density at radius 2 is 1.82 bits per heavy atom. The molecule has 1 aromatic rings. The lowest BCUT2D eigenvalue weighted by molar-refractivity contribution is -0.0162. The number of hydrogen-bond acceptors (Lipinski definition) is 3. The molecule has 17 heavy (non-hydrogen) atoms. The molecule has 1 aliphatic heterocycles. The van der Waals surface area contributed by atoms with Crippen molar-refractivity contribution in [2.45, 2.75) is 18.7 Å². The van der Waals surface area contributed by atoms with Crippen molar-refractivity contribution < 1.29 is 14.2 Å². The number of benzene rings is 1. The fourth-order valence-electron chi connectivity index (χ4n) is 2.11. The summed E-state index contributed by atoms with van der Waals surface area (Å²) >= 11 is 6.51.